The van der Waals surface area contributed by atoms with Crippen molar-refractivity contribution in [2.45, 2.75) is 13.8 Å². The highest BCUT2D eigenvalue weighted by Crippen LogP contribution is 2.20. The van der Waals surface area contributed by atoms with Crippen LogP contribution in [-0.4, -0.2) is 38.7 Å². The second-order valence-corrected chi connectivity index (χ2v) is 5.89. The Morgan fingerprint density at radius 1 is 0.889 bits per heavy atom. The molecule has 2 aromatic rings. The Labute approximate surface area is 157 Å². The van der Waals surface area contributed by atoms with Gasteiger partial charge in [-0.15, -0.1) is 0 Å². The molecule has 0 heterocycles. The number of nitrogens with one attached hydrogen (secondary N) is 1. The van der Waals surface area contributed by atoms with Crippen LogP contribution in [0.25, 0.3) is 0 Å². The predicted octanol–water partition coefficient (Wildman–Crippen LogP) is 2.89. The first-order valence-electron chi connectivity index (χ1n) is 8.15. The Kier molecular flexibility index (Phi) is 6.54. The van der Waals surface area contributed by atoms with Gasteiger partial charge in [0, 0.05) is 5.69 Å². The highest BCUT2D eigenvalue weighted by molar-refractivity contribution is 5.99. The van der Waals surface area contributed by atoms with E-state index in [2.05, 4.69) is 14.8 Å². The van der Waals surface area contributed by atoms with Crippen LogP contribution in [0.15, 0.2) is 36.4 Å². The molecule has 1 amide bonds. The molecule has 2 rings (SSSR count). The van der Waals surface area contributed by atoms with Gasteiger partial charge in [-0.25, -0.2) is 9.59 Å². The molecule has 0 saturated heterocycles. The zero-order chi connectivity index (χ0) is 20.0. The van der Waals surface area contributed by atoms with Gasteiger partial charge in [-0.2, -0.15) is 0 Å². The number of hydrogen-bond acceptors (Lipinski definition) is 6. The second kappa shape index (κ2) is 8.84. The van der Waals surface area contributed by atoms with Crippen molar-refractivity contribution in [2.75, 3.05) is 26.1 Å². The van der Waals surface area contributed by atoms with E-state index in [1.54, 1.807) is 6.07 Å². The van der Waals surface area contributed by atoms with Gasteiger partial charge < -0.3 is 19.5 Å². The number of aryl methyl sites for hydroxylation is 2. The molecule has 142 valence electrons. The number of methoxy groups -OCH3 is 2. The Morgan fingerprint density at radius 3 is 2.00 bits per heavy atom. The van der Waals surface area contributed by atoms with Crippen molar-refractivity contribution < 1.29 is 28.6 Å². The molecule has 0 aliphatic carbocycles. The van der Waals surface area contributed by atoms with Crippen LogP contribution < -0.4 is 10.1 Å². The maximum atomic E-state index is 12.2. The molecule has 0 spiro atoms. The van der Waals surface area contributed by atoms with E-state index >= 15 is 0 Å². The molecule has 0 saturated carbocycles. The average Bonchev–Trinajstić information content (AvgIpc) is 2.65. The van der Waals surface area contributed by atoms with Gasteiger partial charge in [0.25, 0.3) is 5.91 Å². The van der Waals surface area contributed by atoms with Crippen LogP contribution in [0.5, 0.6) is 5.75 Å². The molecule has 0 fully saturated rings. The number of carbonyl (C=O) groups excluding carboxylic acids is 3. The van der Waals surface area contributed by atoms with Crippen LogP contribution in [0.4, 0.5) is 5.69 Å². The monoisotopic (exact) mass is 371 g/mol. The molecule has 0 unspecified atom stereocenters. The van der Waals surface area contributed by atoms with Crippen molar-refractivity contribution >= 4 is 23.5 Å². The van der Waals surface area contributed by atoms with Crippen molar-refractivity contribution in [3.8, 4) is 5.75 Å². The summed E-state index contributed by atoms with van der Waals surface area (Å²) in [4.78, 5) is 35.8. The lowest BCUT2D eigenvalue weighted by molar-refractivity contribution is -0.118. The van der Waals surface area contributed by atoms with E-state index in [1.165, 1.54) is 32.4 Å². The summed E-state index contributed by atoms with van der Waals surface area (Å²) in [6.07, 6.45) is 0. The molecular formula is C20H21NO6. The van der Waals surface area contributed by atoms with Gasteiger partial charge >= 0.3 is 11.9 Å². The molecule has 0 aromatic heterocycles. The highest BCUT2D eigenvalue weighted by atomic mass is 16.5. The first kappa shape index (κ1) is 20.0. The molecule has 0 radical (unpaired) electrons. The lowest BCUT2D eigenvalue weighted by atomic mass is 10.1. The van der Waals surface area contributed by atoms with Crippen molar-refractivity contribution in [3.05, 3.63) is 58.7 Å². The Morgan fingerprint density at radius 2 is 1.48 bits per heavy atom. The van der Waals surface area contributed by atoms with Crippen LogP contribution in [0.1, 0.15) is 31.8 Å². The van der Waals surface area contributed by atoms with Gasteiger partial charge in [0.05, 0.1) is 25.3 Å². The Balaban J connectivity index is 2.13. The normalized spacial score (nSPS) is 10.1. The first-order valence-corrected chi connectivity index (χ1v) is 8.15. The number of carbonyl (C=O) groups is 3. The minimum atomic E-state index is -0.636. The minimum Gasteiger partial charge on any atom is -0.483 e. The van der Waals surface area contributed by atoms with Gasteiger partial charge in [0.15, 0.2) is 6.61 Å². The average molecular weight is 371 g/mol. The maximum Gasteiger partial charge on any atom is 0.337 e. The molecule has 0 aliphatic rings. The van der Waals surface area contributed by atoms with Crippen molar-refractivity contribution in [1.82, 2.24) is 0 Å². The van der Waals surface area contributed by atoms with Gasteiger partial charge in [0.1, 0.15) is 5.75 Å². The molecule has 27 heavy (non-hydrogen) atoms. The van der Waals surface area contributed by atoms with Crippen LogP contribution in [0, 0.1) is 13.8 Å². The lowest BCUT2D eigenvalue weighted by Gasteiger charge is -2.11. The molecule has 2 aromatic carbocycles. The van der Waals surface area contributed by atoms with Crippen LogP contribution in [0.3, 0.4) is 0 Å². The summed E-state index contributed by atoms with van der Waals surface area (Å²) in [7, 11) is 2.45. The van der Waals surface area contributed by atoms with E-state index in [0.717, 1.165) is 11.1 Å². The number of benzene rings is 2. The number of rotatable bonds is 6. The van der Waals surface area contributed by atoms with Gasteiger partial charge in [-0.1, -0.05) is 17.7 Å². The summed E-state index contributed by atoms with van der Waals surface area (Å²) < 4.78 is 14.9. The largest absolute Gasteiger partial charge is 0.483 e. The summed E-state index contributed by atoms with van der Waals surface area (Å²) in [6, 6.07) is 9.80. The fourth-order valence-electron chi connectivity index (χ4n) is 2.47. The van der Waals surface area contributed by atoms with Gasteiger partial charge in [-0.05, 0) is 43.7 Å². The molecule has 0 atom stereocenters. The fourth-order valence-corrected chi connectivity index (χ4v) is 2.47. The second-order valence-electron chi connectivity index (χ2n) is 5.89. The van der Waals surface area contributed by atoms with E-state index in [9.17, 15) is 14.4 Å². The molecular weight excluding hydrogens is 350 g/mol. The van der Waals surface area contributed by atoms with Crippen molar-refractivity contribution in [1.29, 1.82) is 0 Å². The third-order valence-corrected chi connectivity index (χ3v) is 3.75. The van der Waals surface area contributed by atoms with E-state index in [4.69, 9.17) is 4.74 Å². The van der Waals surface area contributed by atoms with Crippen LogP contribution in [-0.2, 0) is 14.3 Å². The minimum absolute atomic E-state index is 0.117. The van der Waals surface area contributed by atoms with E-state index < -0.39 is 17.8 Å². The zero-order valence-corrected chi connectivity index (χ0v) is 15.6. The first-order chi connectivity index (χ1) is 12.8. The smallest absolute Gasteiger partial charge is 0.337 e. The molecule has 1 N–H and O–H groups in total. The molecule has 0 bridgehead atoms. The predicted molar refractivity (Wildman–Crippen MR) is 99.2 cm³/mol. The quantitative estimate of drug-likeness (QED) is 0.785. The standard InChI is InChI=1S/C20H21NO6/c1-12-5-6-17(13(2)7-12)27-11-18(22)21-16-9-14(19(23)25-3)8-15(10-16)20(24)26-4/h5-10H,11H2,1-4H3,(H,21,22). The van der Waals surface area contributed by atoms with Gasteiger partial charge in [0.2, 0.25) is 0 Å². The molecule has 7 heteroatoms. The summed E-state index contributed by atoms with van der Waals surface area (Å²) in [5.74, 6) is -1.10. The highest BCUT2D eigenvalue weighted by Gasteiger charge is 2.15. The summed E-state index contributed by atoms with van der Waals surface area (Å²) >= 11 is 0. The number of amides is 1. The Hall–Kier alpha value is -3.35. The van der Waals surface area contributed by atoms with Crippen molar-refractivity contribution in [3.63, 3.8) is 0 Å². The van der Waals surface area contributed by atoms with E-state index in [-0.39, 0.29) is 23.4 Å². The SMILES string of the molecule is COC(=O)c1cc(NC(=O)COc2ccc(C)cc2C)cc(C(=O)OC)c1. The topological polar surface area (TPSA) is 90.9 Å². The third-order valence-electron chi connectivity index (χ3n) is 3.75. The number of anilines is 1. The molecule has 0 aliphatic heterocycles. The number of ether oxygens (including phenoxy) is 3. The summed E-state index contributed by atoms with van der Waals surface area (Å²) in [5, 5.41) is 2.60. The molecule has 7 nitrogen and oxygen atoms in total. The van der Waals surface area contributed by atoms with Crippen LogP contribution >= 0.6 is 0 Å². The fraction of sp³-hybridized carbons (Fsp3) is 0.250. The zero-order valence-electron chi connectivity index (χ0n) is 15.6. The lowest BCUT2D eigenvalue weighted by Crippen LogP contribution is -2.21. The van der Waals surface area contributed by atoms with Crippen LogP contribution in [0.2, 0.25) is 0 Å². The van der Waals surface area contributed by atoms with Crippen molar-refractivity contribution in [2.24, 2.45) is 0 Å². The Bertz CT molecular complexity index is 841. The van der Waals surface area contributed by atoms with E-state index in [1.807, 2.05) is 26.0 Å². The summed E-state index contributed by atoms with van der Waals surface area (Å²) in [6.45, 7) is 3.64. The van der Waals surface area contributed by atoms with Gasteiger partial charge in [-0.3, -0.25) is 4.79 Å². The number of esters is 2. The maximum absolute atomic E-state index is 12.2. The van der Waals surface area contributed by atoms with E-state index in [0.29, 0.717) is 5.75 Å². The number of hydrogen-bond donors (Lipinski definition) is 1. The summed E-state index contributed by atoms with van der Waals surface area (Å²) in [5.41, 5.74) is 2.51. The third kappa shape index (κ3) is 5.31.